The summed E-state index contributed by atoms with van der Waals surface area (Å²) in [6, 6.07) is 6.45. The van der Waals surface area contributed by atoms with Crippen molar-refractivity contribution in [2.75, 3.05) is 30.9 Å². The first-order chi connectivity index (χ1) is 9.30. The zero-order chi connectivity index (χ0) is 13.7. The molecular formula is C15H24N2OS. The second-order valence-electron chi connectivity index (χ2n) is 4.84. The lowest BCUT2D eigenvalue weighted by atomic mass is 10.1. The predicted molar refractivity (Wildman–Crippen MR) is 83.0 cm³/mol. The van der Waals surface area contributed by atoms with Crippen molar-refractivity contribution >= 4 is 17.4 Å². The van der Waals surface area contributed by atoms with Crippen LogP contribution in [-0.4, -0.2) is 32.1 Å². The number of benzene rings is 1. The van der Waals surface area contributed by atoms with E-state index >= 15 is 0 Å². The number of nitrogens with zero attached hydrogens (tertiary/aromatic N) is 1. The van der Waals surface area contributed by atoms with Gasteiger partial charge in [0.2, 0.25) is 0 Å². The molecule has 0 aliphatic carbocycles. The lowest BCUT2D eigenvalue weighted by Gasteiger charge is -2.28. The fourth-order valence-electron chi connectivity index (χ4n) is 2.68. The van der Waals surface area contributed by atoms with E-state index in [1.165, 1.54) is 29.0 Å². The van der Waals surface area contributed by atoms with E-state index in [2.05, 4.69) is 36.3 Å². The Morgan fingerprint density at radius 3 is 2.89 bits per heavy atom. The molecule has 1 atom stereocenters. The molecule has 1 aromatic rings. The molecule has 0 radical (unpaired) electrons. The Kier molecular flexibility index (Phi) is 5.55. The first kappa shape index (κ1) is 14.7. The normalized spacial score (nSPS) is 18.8. The van der Waals surface area contributed by atoms with Gasteiger partial charge < -0.3 is 15.4 Å². The molecule has 19 heavy (non-hydrogen) atoms. The third kappa shape index (κ3) is 3.44. The van der Waals surface area contributed by atoms with E-state index < -0.39 is 0 Å². The molecule has 0 aromatic heterocycles. The van der Waals surface area contributed by atoms with Crippen LogP contribution in [0, 0.1) is 0 Å². The van der Waals surface area contributed by atoms with Gasteiger partial charge in [-0.1, -0.05) is 6.07 Å². The van der Waals surface area contributed by atoms with Crippen LogP contribution in [0.4, 0.5) is 5.69 Å². The van der Waals surface area contributed by atoms with Crippen molar-refractivity contribution in [2.45, 2.75) is 37.3 Å². The molecular weight excluding hydrogens is 256 g/mol. The standard InChI is InChI=1S/C15H24N2OS/c1-3-17(11-12-6-5-9-18-12)14-7-4-8-15(19-2)13(14)10-16/h4,7-8,12H,3,5-6,9-11,16H2,1-2H3. The molecule has 0 bridgehead atoms. The third-order valence-corrected chi connectivity index (χ3v) is 4.53. The Balaban J connectivity index is 2.21. The molecule has 0 spiro atoms. The number of likely N-dealkylation sites (N-methyl/N-ethyl adjacent to an activating group) is 1. The summed E-state index contributed by atoms with van der Waals surface area (Å²) in [6.45, 7) is 5.66. The second kappa shape index (κ2) is 7.17. The Labute approximate surface area is 120 Å². The summed E-state index contributed by atoms with van der Waals surface area (Å²) >= 11 is 1.77. The summed E-state index contributed by atoms with van der Waals surface area (Å²) in [6.07, 6.45) is 4.85. The molecule has 1 aliphatic rings. The van der Waals surface area contributed by atoms with Gasteiger partial charge in [-0.2, -0.15) is 0 Å². The van der Waals surface area contributed by atoms with Gasteiger partial charge in [0.15, 0.2) is 0 Å². The largest absolute Gasteiger partial charge is 0.376 e. The van der Waals surface area contributed by atoms with Gasteiger partial charge in [-0.25, -0.2) is 0 Å². The van der Waals surface area contributed by atoms with E-state index in [0.717, 1.165) is 19.7 Å². The van der Waals surface area contributed by atoms with Crippen molar-refractivity contribution in [3.8, 4) is 0 Å². The van der Waals surface area contributed by atoms with Crippen molar-refractivity contribution in [3.63, 3.8) is 0 Å². The summed E-state index contributed by atoms with van der Waals surface area (Å²) in [7, 11) is 0. The quantitative estimate of drug-likeness (QED) is 0.813. The number of hydrogen-bond donors (Lipinski definition) is 1. The number of hydrogen-bond acceptors (Lipinski definition) is 4. The van der Waals surface area contributed by atoms with Gasteiger partial charge in [-0.3, -0.25) is 0 Å². The third-order valence-electron chi connectivity index (χ3n) is 3.70. The van der Waals surface area contributed by atoms with Crippen LogP contribution in [-0.2, 0) is 11.3 Å². The van der Waals surface area contributed by atoms with Crippen molar-refractivity contribution < 1.29 is 4.74 Å². The molecule has 1 heterocycles. The first-order valence-electron chi connectivity index (χ1n) is 7.02. The molecule has 1 aromatic carbocycles. The fraction of sp³-hybridized carbons (Fsp3) is 0.600. The van der Waals surface area contributed by atoms with E-state index in [1.807, 2.05) is 0 Å². The van der Waals surface area contributed by atoms with Gasteiger partial charge in [0.1, 0.15) is 0 Å². The van der Waals surface area contributed by atoms with Crippen LogP contribution in [0.25, 0.3) is 0 Å². The van der Waals surface area contributed by atoms with Crippen LogP contribution in [0.1, 0.15) is 25.3 Å². The predicted octanol–water partition coefficient (Wildman–Crippen LogP) is 2.87. The first-order valence-corrected chi connectivity index (χ1v) is 8.25. The number of nitrogens with two attached hydrogens (primary N) is 1. The van der Waals surface area contributed by atoms with Gasteiger partial charge in [-0.15, -0.1) is 11.8 Å². The molecule has 1 unspecified atom stereocenters. The highest BCUT2D eigenvalue weighted by Gasteiger charge is 2.20. The molecule has 2 N–H and O–H groups in total. The van der Waals surface area contributed by atoms with E-state index in [-0.39, 0.29) is 0 Å². The highest BCUT2D eigenvalue weighted by atomic mass is 32.2. The van der Waals surface area contributed by atoms with Crippen LogP contribution in [0.15, 0.2) is 23.1 Å². The van der Waals surface area contributed by atoms with Crippen LogP contribution in [0.2, 0.25) is 0 Å². The Morgan fingerprint density at radius 1 is 1.47 bits per heavy atom. The summed E-state index contributed by atoms with van der Waals surface area (Å²) < 4.78 is 5.76. The average Bonchev–Trinajstić information content (AvgIpc) is 2.96. The fourth-order valence-corrected chi connectivity index (χ4v) is 3.33. The molecule has 106 valence electrons. The molecule has 1 fully saturated rings. The number of rotatable bonds is 6. The summed E-state index contributed by atoms with van der Waals surface area (Å²) in [5.41, 5.74) is 8.49. The van der Waals surface area contributed by atoms with Crippen molar-refractivity contribution in [1.29, 1.82) is 0 Å². The molecule has 1 saturated heterocycles. The summed E-state index contributed by atoms with van der Waals surface area (Å²) in [5, 5.41) is 0. The van der Waals surface area contributed by atoms with Gasteiger partial charge in [-0.05, 0) is 38.2 Å². The average molecular weight is 280 g/mol. The van der Waals surface area contributed by atoms with Crippen LogP contribution < -0.4 is 10.6 Å². The van der Waals surface area contributed by atoms with Crippen molar-refractivity contribution in [3.05, 3.63) is 23.8 Å². The smallest absolute Gasteiger partial charge is 0.0750 e. The van der Waals surface area contributed by atoms with E-state index in [9.17, 15) is 0 Å². The van der Waals surface area contributed by atoms with Gasteiger partial charge >= 0.3 is 0 Å². The summed E-state index contributed by atoms with van der Waals surface area (Å²) in [4.78, 5) is 3.68. The lowest BCUT2D eigenvalue weighted by Crippen LogP contribution is -2.33. The summed E-state index contributed by atoms with van der Waals surface area (Å²) in [5.74, 6) is 0. The van der Waals surface area contributed by atoms with Crippen molar-refractivity contribution in [1.82, 2.24) is 0 Å². The molecule has 0 saturated carbocycles. The van der Waals surface area contributed by atoms with Gasteiger partial charge in [0, 0.05) is 42.4 Å². The SMILES string of the molecule is CCN(CC1CCCO1)c1cccc(SC)c1CN. The maximum atomic E-state index is 5.96. The number of thioether (sulfide) groups is 1. The molecule has 3 nitrogen and oxygen atoms in total. The minimum Gasteiger partial charge on any atom is -0.376 e. The Morgan fingerprint density at radius 2 is 2.32 bits per heavy atom. The topological polar surface area (TPSA) is 38.5 Å². The molecule has 1 aliphatic heterocycles. The Hall–Kier alpha value is -0.710. The van der Waals surface area contributed by atoms with Crippen LogP contribution >= 0.6 is 11.8 Å². The monoisotopic (exact) mass is 280 g/mol. The number of ether oxygens (including phenoxy) is 1. The zero-order valence-corrected chi connectivity index (χ0v) is 12.7. The molecule has 2 rings (SSSR count). The van der Waals surface area contributed by atoms with E-state index in [0.29, 0.717) is 12.6 Å². The number of anilines is 1. The van der Waals surface area contributed by atoms with Crippen molar-refractivity contribution in [2.24, 2.45) is 5.73 Å². The van der Waals surface area contributed by atoms with Crippen LogP contribution in [0.5, 0.6) is 0 Å². The highest BCUT2D eigenvalue weighted by Crippen LogP contribution is 2.30. The van der Waals surface area contributed by atoms with Gasteiger partial charge in [0.05, 0.1) is 6.10 Å². The van der Waals surface area contributed by atoms with E-state index in [1.54, 1.807) is 11.8 Å². The molecule has 0 amide bonds. The van der Waals surface area contributed by atoms with Crippen LogP contribution in [0.3, 0.4) is 0 Å². The maximum Gasteiger partial charge on any atom is 0.0750 e. The Bertz CT molecular complexity index is 405. The zero-order valence-electron chi connectivity index (χ0n) is 11.9. The van der Waals surface area contributed by atoms with Gasteiger partial charge in [0.25, 0.3) is 0 Å². The molecule has 4 heteroatoms. The second-order valence-corrected chi connectivity index (χ2v) is 5.68. The maximum absolute atomic E-state index is 5.96. The lowest BCUT2D eigenvalue weighted by molar-refractivity contribution is 0.115. The highest BCUT2D eigenvalue weighted by molar-refractivity contribution is 7.98. The van der Waals surface area contributed by atoms with E-state index in [4.69, 9.17) is 10.5 Å². The minimum absolute atomic E-state index is 0.378. The minimum atomic E-state index is 0.378.